The maximum atomic E-state index is 5.66. The highest BCUT2D eigenvalue weighted by Crippen LogP contribution is 2.20. The Morgan fingerprint density at radius 1 is 0.889 bits per heavy atom. The highest BCUT2D eigenvalue weighted by atomic mass is 32.1. The number of rotatable bonds is 4. The molecule has 3 heteroatoms. The Hall–Kier alpha value is -1.09. The van der Waals surface area contributed by atoms with Gasteiger partial charge >= 0.3 is 0 Å². The van der Waals surface area contributed by atoms with Crippen molar-refractivity contribution < 1.29 is 0 Å². The van der Waals surface area contributed by atoms with Crippen molar-refractivity contribution in [2.75, 3.05) is 0 Å². The summed E-state index contributed by atoms with van der Waals surface area (Å²) >= 11 is 5.66. The first-order chi connectivity index (χ1) is 8.50. The van der Waals surface area contributed by atoms with Crippen molar-refractivity contribution in [1.29, 1.82) is 0 Å². The summed E-state index contributed by atoms with van der Waals surface area (Å²) in [5.41, 5.74) is 2.52. The molecule has 0 atom stereocenters. The standard InChI is InChI=1S/C15H22N2S/c1-11(2)9-16-13-7-5-6-8-14(13)17(15(16)18)10-12(3)4/h5-8,11-12H,9-10H2,1-4H3. The van der Waals surface area contributed by atoms with Gasteiger partial charge < -0.3 is 9.13 Å². The van der Waals surface area contributed by atoms with Gasteiger partial charge in [0.25, 0.3) is 0 Å². The van der Waals surface area contributed by atoms with Crippen LogP contribution in [0.2, 0.25) is 0 Å². The van der Waals surface area contributed by atoms with Gasteiger partial charge in [-0.2, -0.15) is 0 Å². The van der Waals surface area contributed by atoms with Crippen LogP contribution in [0.1, 0.15) is 27.7 Å². The van der Waals surface area contributed by atoms with Crippen LogP contribution < -0.4 is 0 Å². The molecule has 1 aromatic carbocycles. The molecule has 0 saturated heterocycles. The fourth-order valence-corrected chi connectivity index (χ4v) is 2.70. The molecule has 1 aromatic heterocycles. The molecule has 2 rings (SSSR count). The Kier molecular flexibility index (Phi) is 3.91. The molecule has 0 fully saturated rings. The van der Waals surface area contributed by atoms with E-state index in [1.54, 1.807) is 0 Å². The fraction of sp³-hybridized carbons (Fsp3) is 0.533. The Morgan fingerprint density at radius 2 is 1.28 bits per heavy atom. The summed E-state index contributed by atoms with van der Waals surface area (Å²) in [7, 11) is 0. The van der Waals surface area contributed by atoms with Crippen molar-refractivity contribution in [2.24, 2.45) is 11.8 Å². The summed E-state index contributed by atoms with van der Waals surface area (Å²) in [6.07, 6.45) is 0. The molecule has 0 radical (unpaired) electrons. The first-order valence-electron chi connectivity index (χ1n) is 6.68. The number of fused-ring (bicyclic) bond motifs is 1. The van der Waals surface area contributed by atoms with E-state index in [-0.39, 0.29) is 0 Å². The normalized spacial score (nSPS) is 11.9. The van der Waals surface area contributed by atoms with E-state index in [9.17, 15) is 0 Å². The number of benzene rings is 1. The molecule has 98 valence electrons. The largest absolute Gasteiger partial charge is 0.316 e. The van der Waals surface area contributed by atoms with Crippen LogP contribution in [0.5, 0.6) is 0 Å². The van der Waals surface area contributed by atoms with Crippen LogP contribution in [-0.2, 0) is 13.1 Å². The molecule has 1 heterocycles. The molecule has 0 unspecified atom stereocenters. The van der Waals surface area contributed by atoms with Crippen LogP contribution in [0.25, 0.3) is 11.0 Å². The third-order valence-electron chi connectivity index (χ3n) is 3.02. The van der Waals surface area contributed by atoms with Crippen molar-refractivity contribution in [3.05, 3.63) is 29.0 Å². The van der Waals surface area contributed by atoms with Gasteiger partial charge in [-0.3, -0.25) is 0 Å². The van der Waals surface area contributed by atoms with Gasteiger partial charge in [-0.15, -0.1) is 0 Å². The summed E-state index contributed by atoms with van der Waals surface area (Å²) in [5, 5.41) is 0. The maximum absolute atomic E-state index is 5.66. The third kappa shape index (κ3) is 2.51. The lowest BCUT2D eigenvalue weighted by Gasteiger charge is -2.08. The molecule has 2 nitrogen and oxygen atoms in total. The zero-order chi connectivity index (χ0) is 13.3. The van der Waals surface area contributed by atoms with E-state index >= 15 is 0 Å². The van der Waals surface area contributed by atoms with Crippen LogP contribution in [0, 0.1) is 16.6 Å². The molecule has 2 aromatic rings. The molecule has 0 aliphatic heterocycles. The molecule has 0 amide bonds. The van der Waals surface area contributed by atoms with Gasteiger partial charge in [-0.1, -0.05) is 39.8 Å². The lowest BCUT2D eigenvalue weighted by Crippen LogP contribution is -2.08. The summed E-state index contributed by atoms with van der Waals surface area (Å²) in [5.74, 6) is 1.21. The highest BCUT2D eigenvalue weighted by Gasteiger charge is 2.11. The fourth-order valence-electron chi connectivity index (χ4n) is 2.36. The summed E-state index contributed by atoms with van der Waals surface area (Å²) < 4.78 is 5.51. The summed E-state index contributed by atoms with van der Waals surface area (Å²) in [4.78, 5) is 0. The smallest absolute Gasteiger partial charge is 0.180 e. The summed E-state index contributed by atoms with van der Waals surface area (Å²) in [6.45, 7) is 10.9. The second kappa shape index (κ2) is 5.27. The third-order valence-corrected chi connectivity index (χ3v) is 3.46. The molecule has 0 spiro atoms. The maximum Gasteiger partial charge on any atom is 0.180 e. The van der Waals surface area contributed by atoms with E-state index in [1.807, 2.05) is 0 Å². The molecular formula is C15H22N2S. The molecule has 0 aliphatic rings. The van der Waals surface area contributed by atoms with Crippen molar-refractivity contribution in [3.8, 4) is 0 Å². The average Bonchev–Trinajstić information content (AvgIpc) is 2.54. The van der Waals surface area contributed by atoms with Gasteiger partial charge in [0.05, 0.1) is 11.0 Å². The van der Waals surface area contributed by atoms with Gasteiger partial charge in [0, 0.05) is 13.1 Å². The second-order valence-electron chi connectivity index (χ2n) is 5.78. The predicted octanol–water partition coefficient (Wildman–Crippen LogP) is 4.48. The second-order valence-corrected chi connectivity index (χ2v) is 6.15. The molecular weight excluding hydrogens is 240 g/mol. The van der Waals surface area contributed by atoms with Crippen molar-refractivity contribution in [2.45, 2.75) is 40.8 Å². The number of hydrogen-bond donors (Lipinski definition) is 0. The monoisotopic (exact) mass is 262 g/mol. The molecule has 18 heavy (non-hydrogen) atoms. The SMILES string of the molecule is CC(C)Cn1c(=S)n(CC(C)C)c2ccccc21. The first-order valence-corrected chi connectivity index (χ1v) is 7.09. The minimum Gasteiger partial charge on any atom is -0.316 e. The molecule has 0 bridgehead atoms. The summed E-state index contributed by atoms with van der Waals surface area (Å²) in [6, 6.07) is 8.52. The minimum absolute atomic E-state index is 0.606. The Morgan fingerprint density at radius 3 is 1.61 bits per heavy atom. The van der Waals surface area contributed by atoms with E-state index < -0.39 is 0 Å². The van der Waals surface area contributed by atoms with Gasteiger partial charge in [-0.05, 0) is 36.2 Å². The lowest BCUT2D eigenvalue weighted by molar-refractivity contribution is 0.493. The van der Waals surface area contributed by atoms with E-state index in [1.165, 1.54) is 11.0 Å². The molecule has 0 aliphatic carbocycles. The van der Waals surface area contributed by atoms with Gasteiger partial charge in [-0.25, -0.2) is 0 Å². The van der Waals surface area contributed by atoms with Gasteiger partial charge in [0.15, 0.2) is 4.77 Å². The van der Waals surface area contributed by atoms with E-state index in [0.717, 1.165) is 17.9 Å². The number of hydrogen-bond acceptors (Lipinski definition) is 1. The Bertz CT molecular complexity index is 540. The lowest BCUT2D eigenvalue weighted by atomic mass is 10.2. The molecule has 0 saturated carbocycles. The van der Waals surface area contributed by atoms with Crippen LogP contribution in [-0.4, -0.2) is 9.13 Å². The van der Waals surface area contributed by atoms with E-state index in [2.05, 4.69) is 61.1 Å². The van der Waals surface area contributed by atoms with E-state index in [4.69, 9.17) is 12.2 Å². The zero-order valence-corrected chi connectivity index (χ0v) is 12.5. The Labute approximate surface area is 114 Å². The van der Waals surface area contributed by atoms with Crippen molar-refractivity contribution >= 4 is 23.3 Å². The van der Waals surface area contributed by atoms with Crippen molar-refractivity contribution in [1.82, 2.24) is 9.13 Å². The average molecular weight is 262 g/mol. The number of aromatic nitrogens is 2. The zero-order valence-electron chi connectivity index (χ0n) is 11.7. The first kappa shape index (κ1) is 13.3. The quantitative estimate of drug-likeness (QED) is 0.738. The topological polar surface area (TPSA) is 9.86 Å². The number of imidazole rings is 1. The molecule has 0 N–H and O–H groups in total. The van der Waals surface area contributed by atoms with Gasteiger partial charge in [0.2, 0.25) is 0 Å². The predicted molar refractivity (Wildman–Crippen MR) is 80.4 cm³/mol. The highest BCUT2D eigenvalue weighted by molar-refractivity contribution is 7.71. The van der Waals surface area contributed by atoms with Crippen molar-refractivity contribution in [3.63, 3.8) is 0 Å². The van der Waals surface area contributed by atoms with Crippen LogP contribution in [0.3, 0.4) is 0 Å². The minimum atomic E-state index is 0.606. The van der Waals surface area contributed by atoms with Crippen LogP contribution in [0.15, 0.2) is 24.3 Å². The van der Waals surface area contributed by atoms with Crippen LogP contribution >= 0.6 is 12.2 Å². The number of nitrogens with zero attached hydrogens (tertiary/aromatic N) is 2. The number of para-hydroxylation sites is 2. The van der Waals surface area contributed by atoms with E-state index in [0.29, 0.717) is 11.8 Å². The Balaban J connectivity index is 2.63. The van der Waals surface area contributed by atoms with Crippen LogP contribution in [0.4, 0.5) is 0 Å². The van der Waals surface area contributed by atoms with Gasteiger partial charge in [0.1, 0.15) is 0 Å².